The smallest absolute Gasteiger partial charge is 0.291 e. The highest BCUT2D eigenvalue weighted by atomic mass is 16.5. The lowest BCUT2D eigenvalue weighted by Crippen LogP contribution is -2.39. The summed E-state index contributed by atoms with van der Waals surface area (Å²) in [5.74, 6) is 1.71. The summed E-state index contributed by atoms with van der Waals surface area (Å²) >= 11 is 0. The van der Waals surface area contributed by atoms with Gasteiger partial charge in [-0.15, -0.1) is 0 Å². The maximum Gasteiger partial charge on any atom is 0.291 e. The summed E-state index contributed by atoms with van der Waals surface area (Å²) in [5.41, 5.74) is 2.14. The van der Waals surface area contributed by atoms with Crippen LogP contribution in [0, 0.1) is 0 Å². The van der Waals surface area contributed by atoms with Crippen molar-refractivity contribution < 1.29 is 27.8 Å². The first kappa shape index (κ1) is 22.1. The first-order chi connectivity index (χ1) is 16.7. The van der Waals surface area contributed by atoms with Crippen LogP contribution in [0.1, 0.15) is 27.9 Å². The number of rotatable bonds is 7. The maximum absolute atomic E-state index is 13.0. The molecule has 34 heavy (non-hydrogen) atoms. The van der Waals surface area contributed by atoms with E-state index in [9.17, 15) is 4.79 Å². The third kappa shape index (κ3) is 4.02. The van der Waals surface area contributed by atoms with Gasteiger partial charge in [0.2, 0.25) is 0 Å². The molecule has 0 bridgehead atoms. The number of hydrogen-bond acceptors (Lipinski definition) is 7. The van der Waals surface area contributed by atoms with E-state index in [-0.39, 0.29) is 17.7 Å². The summed E-state index contributed by atoms with van der Waals surface area (Å²) < 4.78 is 28.7. The summed E-state index contributed by atoms with van der Waals surface area (Å²) in [7, 11) is 3.23. The Labute approximate surface area is 197 Å². The molecule has 5 rings (SSSR count). The second-order valence-corrected chi connectivity index (χ2v) is 7.90. The minimum Gasteiger partial charge on any atom is -0.493 e. The molecule has 176 valence electrons. The lowest BCUT2D eigenvalue weighted by molar-refractivity contribution is 0.0201. The lowest BCUT2D eigenvalue weighted by atomic mass is 9.98. The van der Waals surface area contributed by atoms with Crippen LogP contribution in [0.4, 0.5) is 5.69 Å². The molecule has 1 aliphatic heterocycles. The van der Waals surface area contributed by atoms with E-state index in [1.54, 1.807) is 26.4 Å². The Bertz CT molecular complexity index is 1270. The molecule has 1 atom stereocenters. The van der Waals surface area contributed by atoms with Crippen molar-refractivity contribution in [1.29, 1.82) is 0 Å². The van der Waals surface area contributed by atoms with E-state index >= 15 is 0 Å². The minimum absolute atomic E-state index is 0.220. The second kappa shape index (κ2) is 9.62. The number of anilines is 1. The van der Waals surface area contributed by atoms with Crippen molar-refractivity contribution in [3.63, 3.8) is 0 Å². The highest BCUT2D eigenvalue weighted by Gasteiger charge is 2.34. The summed E-state index contributed by atoms with van der Waals surface area (Å²) in [6.45, 7) is 2.56. The Balaban J connectivity index is 1.70. The molecular weight excluding hydrogens is 436 g/mol. The summed E-state index contributed by atoms with van der Waals surface area (Å²) in [6.07, 6.45) is 1.47. The number of morpholine rings is 1. The van der Waals surface area contributed by atoms with Crippen LogP contribution in [-0.2, 0) is 4.74 Å². The third-order valence-electron chi connectivity index (χ3n) is 5.99. The molecule has 3 heterocycles. The minimum atomic E-state index is -0.353. The number of nitrogens with one attached hydrogen (secondary N) is 1. The SMILES string of the molecule is COc1cccc([C@@H](c2oc3ccccc3c2NC(=O)c2ccco2)N2CCOCC2)c1OC. The fourth-order valence-electron chi connectivity index (χ4n) is 4.44. The summed E-state index contributed by atoms with van der Waals surface area (Å²) in [4.78, 5) is 15.3. The zero-order chi connectivity index (χ0) is 23.5. The molecule has 0 unspecified atom stereocenters. The number of hydrogen-bond donors (Lipinski definition) is 1. The van der Waals surface area contributed by atoms with Gasteiger partial charge in [0.15, 0.2) is 23.0 Å². The van der Waals surface area contributed by atoms with Crippen molar-refractivity contribution in [3.05, 3.63) is 77.9 Å². The quantitative estimate of drug-likeness (QED) is 0.425. The Kier molecular flexibility index (Phi) is 6.24. The van der Waals surface area contributed by atoms with Crippen LogP contribution in [-0.4, -0.2) is 51.3 Å². The molecule has 4 aromatic rings. The van der Waals surface area contributed by atoms with Gasteiger partial charge in [0.1, 0.15) is 5.58 Å². The lowest BCUT2D eigenvalue weighted by Gasteiger charge is -2.34. The molecule has 1 fully saturated rings. The normalized spacial score (nSPS) is 15.2. The van der Waals surface area contributed by atoms with Crippen molar-refractivity contribution in [2.75, 3.05) is 45.8 Å². The highest BCUT2D eigenvalue weighted by Crippen LogP contribution is 2.45. The second-order valence-electron chi connectivity index (χ2n) is 7.90. The molecule has 1 saturated heterocycles. The number of ether oxygens (including phenoxy) is 3. The van der Waals surface area contributed by atoms with E-state index in [2.05, 4.69) is 10.2 Å². The number of furan rings is 2. The first-order valence-corrected chi connectivity index (χ1v) is 11.1. The van der Waals surface area contributed by atoms with Gasteiger partial charge in [-0.05, 0) is 30.3 Å². The van der Waals surface area contributed by atoms with Gasteiger partial charge in [0.05, 0.1) is 45.4 Å². The Morgan fingerprint density at radius 2 is 1.82 bits per heavy atom. The monoisotopic (exact) mass is 462 g/mol. The average Bonchev–Trinajstić information content (AvgIpc) is 3.54. The van der Waals surface area contributed by atoms with Crippen LogP contribution in [0.25, 0.3) is 11.0 Å². The van der Waals surface area contributed by atoms with Gasteiger partial charge in [-0.25, -0.2) is 0 Å². The topological polar surface area (TPSA) is 86.3 Å². The Hall–Kier alpha value is -3.75. The molecule has 1 amide bonds. The standard InChI is InChI=1S/C26H26N2O6/c1-30-20-10-5-8-18(24(20)31-2)23(28-12-15-32-16-13-28)25-22(17-7-3-4-9-19(17)34-25)27-26(29)21-11-6-14-33-21/h3-11,14,23H,12-13,15-16H2,1-2H3,(H,27,29)/t23-/m0/s1. The fourth-order valence-corrected chi connectivity index (χ4v) is 4.44. The van der Waals surface area contributed by atoms with E-state index in [0.29, 0.717) is 54.8 Å². The summed E-state index contributed by atoms with van der Waals surface area (Å²) in [6, 6.07) is 16.4. The van der Waals surface area contributed by atoms with E-state index in [1.807, 2.05) is 42.5 Å². The number of carbonyl (C=O) groups excluding carboxylic acids is 1. The zero-order valence-electron chi connectivity index (χ0n) is 19.1. The van der Waals surface area contributed by atoms with Gasteiger partial charge in [-0.2, -0.15) is 0 Å². The number of fused-ring (bicyclic) bond motifs is 1. The van der Waals surface area contributed by atoms with Crippen LogP contribution in [0.15, 0.2) is 69.7 Å². The predicted octanol–water partition coefficient (Wildman–Crippen LogP) is 4.72. The largest absolute Gasteiger partial charge is 0.493 e. The maximum atomic E-state index is 13.0. The Morgan fingerprint density at radius 3 is 2.56 bits per heavy atom. The van der Waals surface area contributed by atoms with Crippen molar-refractivity contribution in [2.45, 2.75) is 6.04 Å². The third-order valence-corrected chi connectivity index (χ3v) is 5.99. The number of amides is 1. The van der Waals surface area contributed by atoms with Crippen molar-refractivity contribution in [2.24, 2.45) is 0 Å². The number of carbonyl (C=O) groups is 1. The number of nitrogens with zero attached hydrogens (tertiary/aromatic N) is 1. The average molecular weight is 463 g/mol. The number of para-hydroxylation sites is 2. The number of benzene rings is 2. The molecular formula is C26H26N2O6. The van der Waals surface area contributed by atoms with Gasteiger partial charge in [0, 0.05) is 24.0 Å². The first-order valence-electron chi connectivity index (χ1n) is 11.1. The van der Waals surface area contributed by atoms with Crippen LogP contribution in [0.5, 0.6) is 11.5 Å². The highest BCUT2D eigenvalue weighted by molar-refractivity contribution is 6.08. The van der Waals surface area contributed by atoms with E-state index in [1.165, 1.54) is 6.26 Å². The predicted molar refractivity (Wildman–Crippen MR) is 127 cm³/mol. The Morgan fingerprint density at radius 1 is 1.00 bits per heavy atom. The molecule has 1 aliphatic rings. The van der Waals surface area contributed by atoms with Gasteiger partial charge in [-0.3, -0.25) is 9.69 Å². The van der Waals surface area contributed by atoms with Gasteiger partial charge in [0.25, 0.3) is 5.91 Å². The van der Waals surface area contributed by atoms with Crippen LogP contribution in [0.3, 0.4) is 0 Å². The van der Waals surface area contributed by atoms with E-state index in [4.69, 9.17) is 23.0 Å². The van der Waals surface area contributed by atoms with Gasteiger partial charge < -0.3 is 28.4 Å². The molecule has 1 N–H and O–H groups in total. The van der Waals surface area contributed by atoms with Crippen molar-refractivity contribution >= 4 is 22.6 Å². The molecule has 0 radical (unpaired) electrons. The molecule has 2 aromatic heterocycles. The number of methoxy groups -OCH3 is 2. The van der Waals surface area contributed by atoms with E-state index in [0.717, 1.165) is 10.9 Å². The van der Waals surface area contributed by atoms with Crippen molar-refractivity contribution in [3.8, 4) is 11.5 Å². The molecule has 8 heteroatoms. The van der Waals surface area contributed by atoms with E-state index < -0.39 is 0 Å². The van der Waals surface area contributed by atoms with Crippen LogP contribution >= 0.6 is 0 Å². The molecule has 0 spiro atoms. The molecule has 0 aliphatic carbocycles. The molecule has 2 aromatic carbocycles. The summed E-state index contributed by atoms with van der Waals surface area (Å²) in [5, 5.41) is 3.84. The van der Waals surface area contributed by atoms with Crippen LogP contribution in [0.2, 0.25) is 0 Å². The molecule has 0 saturated carbocycles. The van der Waals surface area contributed by atoms with Crippen LogP contribution < -0.4 is 14.8 Å². The van der Waals surface area contributed by atoms with Gasteiger partial charge in [-0.1, -0.05) is 24.3 Å². The zero-order valence-corrected chi connectivity index (χ0v) is 19.1. The van der Waals surface area contributed by atoms with Gasteiger partial charge >= 0.3 is 0 Å². The molecule has 8 nitrogen and oxygen atoms in total. The fraction of sp³-hybridized carbons (Fsp3) is 0.269. The van der Waals surface area contributed by atoms with Crippen molar-refractivity contribution in [1.82, 2.24) is 4.90 Å².